The SMILES string of the molecule is CN=C(NCCCS(C)(=O)=O)N1CCOC(c2cccc(C(F)(F)F)c2)C1. The average Bonchev–Trinajstić information content (AvgIpc) is 2.60. The van der Waals surface area contributed by atoms with Crippen molar-refractivity contribution in [1.29, 1.82) is 0 Å². The Morgan fingerprint density at radius 1 is 1.41 bits per heavy atom. The second kappa shape index (κ2) is 8.92. The summed E-state index contributed by atoms with van der Waals surface area (Å²) in [5, 5.41) is 3.10. The molecule has 27 heavy (non-hydrogen) atoms. The van der Waals surface area contributed by atoms with E-state index < -0.39 is 27.7 Å². The van der Waals surface area contributed by atoms with E-state index in [4.69, 9.17) is 4.74 Å². The summed E-state index contributed by atoms with van der Waals surface area (Å²) < 4.78 is 66.8. The van der Waals surface area contributed by atoms with Crippen LogP contribution in [0.2, 0.25) is 0 Å². The topological polar surface area (TPSA) is 71.0 Å². The zero-order valence-electron chi connectivity index (χ0n) is 15.3. The van der Waals surface area contributed by atoms with Crippen LogP contribution in [0.4, 0.5) is 13.2 Å². The molecule has 0 bridgehead atoms. The number of halogens is 3. The van der Waals surface area contributed by atoms with Crippen LogP contribution >= 0.6 is 0 Å². The highest BCUT2D eigenvalue weighted by Gasteiger charge is 2.32. The van der Waals surface area contributed by atoms with Gasteiger partial charge in [-0.05, 0) is 24.1 Å². The maximum atomic E-state index is 12.9. The molecule has 2 rings (SSSR count). The minimum Gasteiger partial charge on any atom is -0.370 e. The number of hydrogen-bond acceptors (Lipinski definition) is 4. The number of aliphatic imine (C=N–C) groups is 1. The van der Waals surface area contributed by atoms with Crippen molar-refractivity contribution in [1.82, 2.24) is 10.2 Å². The van der Waals surface area contributed by atoms with Gasteiger partial charge in [0.15, 0.2) is 5.96 Å². The Balaban J connectivity index is 2.00. The molecule has 1 aromatic carbocycles. The maximum absolute atomic E-state index is 12.9. The van der Waals surface area contributed by atoms with Crippen molar-refractivity contribution in [2.45, 2.75) is 18.7 Å². The number of alkyl halides is 3. The first kappa shape index (κ1) is 21.5. The first-order valence-electron chi connectivity index (χ1n) is 8.52. The molecule has 1 unspecified atom stereocenters. The Hall–Kier alpha value is -1.81. The molecule has 152 valence electrons. The van der Waals surface area contributed by atoms with Crippen LogP contribution in [0.5, 0.6) is 0 Å². The molecule has 1 aliphatic rings. The van der Waals surface area contributed by atoms with Gasteiger partial charge in [-0.15, -0.1) is 0 Å². The number of nitrogens with one attached hydrogen (secondary N) is 1. The summed E-state index contributed by atoms with van der Waals surface area (Å²) in [6.07, 6.45) is -3.28. The van der Waals surface area contributed by atoms with Gasteiger partial charge >= 0.3 is 6.18 Å². The second-order valence-electron chi connectivity index (χ2n) is 6.39. The third-order valence-corrected chi connectivity index (χ3v) is 5.17. The lowest BCUT2D eigenvalue weighted by molar-refractivity contribution is -0.137. The van der Waals surface area contributed by atoms with Gasteiger partial charge in [-0.1, -0.05) is 12.1 Å². The number of rotatable bonds is 5. The van der Waals surface area contributed by atoms with E-state index in [-0.39, 0.29) is 5.75 Å². The molecule has 0 aliphatic carbocycles. The predicted molar refractivity (Wildman–Crippen MR) is 97.4 cm³/mol. The van der Waals surface area contributed by atoms with E-state index >= 15 is 0 Å². The van der Waals surface area contributed by atoms with E-state index in [0.29, 0.717) is 44.2 Å². The van der Waals surface area contributed by atoms with Crippen molar-refractivity contribution in [3.8, 4) is 0 Å². The Kier molecular flexibility index (Phi) is 7.10. The summed E-state index contributed by atoms with van der Waals surface area (Å²) in [4.78, 5) is 6.07. The molecule has 10 heteroatoms. The number of sulfone groups is 1. The fraction of sp³-hybridized carbons (Fsp3) is 0.588. The lowest BCUT2D eigenvalue weighted by Gasteiger charge is -2.35. The number of morpholine rings is 1. The summed E-state index contributed by atoms with van der Waals surface area (Å²) in [6, 6.07) is 5.13. The molecule has 6 nitrogen and oxygen atoms in total. The fourth-order valence-electron chi connectivity index (χ4n) is 2.83. The predicted octanol–water partition coefficient (Wildman–Crippen LogP) is 2.09. The summed E-state index contributed by atoms with van der Waals surface area (Å²) in [7, 11) is -1.42. The highest BCUT2D eigenvalue weighted by Crippen LogP contribution is 2.32. The fourth-order valence-corrected chi connectivity index (χ4v) is 3.49. The van der Waals surface area contributed by atoms with Gasteiger partial charge in [0.1, 0.15) is 15.9 Å². The Labute approximate surface area is 157 Å². The second-order valence-corrected chi connectivity index (χ2v) is 8.65. The van der Waals surface area contributed by atoms with Crippen LogP contribution in [0.25, 0.3) is 0 Å². The zero-order chi connectivity index (χ0) is 20.1. The minimum absolute atomic E-state index is 0.0764. The van der Waals surface area contributed by atoms with Crippen LogP contribution in [-0.4, -0.2) is 64.6 Å². The standard InChI is InChI=1S/C17H24F3N3O3S/c1-21-16(22-7-4-10-27(2,24)25)23-8-9-26-15(12-23)13-5-3-6-14(11-13)17(18,19)20/h3,5-6,11,15H,4,7-10,12H2,1-2H3,(H,21,22). The van der Waals surface area contributed by atoms with Crippen molar-refractivity contribution in [2.24, 2.45) is 4.99 Å². The quantitative estimate of drug-likeness (QED) is 0.460. The van der Waals surface area contributed by atoms with Gasteiger partial charge in [0.25, 0.3) is 0 Å². The van der Waals surface area contributed by atoms with E-state index in [2.05, 4.69) is 10.3 Å². The number of hydrogen-bond donors (Lipinski definition) is 1. The van der Waals surface area contributed by atoms with Crippen LogP contribution in [0.3, 0.4) is 0 Å². The molecule has 0 spiro atoms. The zero-order valence-corrected chi connectivity index (χ0v) is 16.1. The van der Waals surface area contributed by atoms with E-state index in [1.165, 1.54) is 12.3 Å². The molecule has 1 fully saturated rings. The van der Waals surface area contributed by atoms with E-state index in [9.17, 15) is 21.6 Å². The molecule has 1 N–H and O–H groups in total. The van der Waals surface area contributed by atoms with Gasteiger partial charge in [-0.3, -0.25) is 4.99 Å². The lowest BCUT2D eigenvalue weighted by atomic mass is 10.0. The molecule has 0 amide bonds. The number of benzene rings is 1. The first-order valence-corrected chi connectivity index (χ1v) is 10.6. The lowest BCUT2D eigenvalue weighted by Crippen LogP contribution is -2.48. The van der Waals surface area contributed by atoms with Gasteiger partial charge in [-0.25, -0.2) is 8.42 Å². The highest BCUT2D eigenvalue weighted by molar-refractivity contribution is 7.90. The Morgan fingerprint density at radius 3 is 2.78 bits per heavy atom. The van der Waals surface area contributed by atoms with E-state index in [0.717, 1.165) is 12.1 Å². The minimum atomic E-state index is -4.40. The average molecular weight is 407 g/mol. The summed E-state index contributed by atoms with van der Waals surface area (Å²) in [5.74, 6) is 0.649. The van der Waals surface area contributed by atoms with Crippen molar-refractivity contribution in [2.75, 3.05) is 45.3 Å². The number of guanidine groups is 1. The molecular weight excluding hydrogens is 383 g/mol. The molecule has 0 radical (unpaired) electrons. The summed E-state index contributed by atoms with van der Waals surface area (Å²) >= 11 is 0. The van der Waals surface area contributed by atoms with Gasteiger partial charge in [0.05, 0.1) is 24.5 Å². The summed E-state index contributed by atoms with van der Waals surface area (Å²) in [5.41, 5.74) is -0.244. The third kappa shape index (κ3) is 6.69. The van der Waals surface area contributed by atoms with Crippen molar-refractivity contribution in [3.05, 3.63) is 35.4 Å². The third-order valence-electron chi connectivity index (χ3n) is 4.14. The molecule has 1 aromatic rings. The molecule has 1 aliphatic heterocycles. The van der Waals surface area contributed by atoms with Crippen LogP contribution < -0.4 is 5.32 Å². The van der Waals surface area contributed by atoms with E-state index in [1.807, 2.05) is 4.90 Å². The molecule has 0 saturated carbocycles. The number of ether oxygens (including phenoxy) is 1. The van der Waals surface area contributed by atoms with Crippen LogP contribution in [0, 0.1) is 0 Å². The monoisotopic (exact) mass is 407 g/mol. The van der Waals surface area contributed by atoms with Gasteiger partial charge in [-0.2, -0.15) is 13.2 Å². The molecule has 1 heterocycles. The van der Waals surface area contributed by atoms with Crippen LogP contribution in [0.15, 0.2) is 29.3 Å². The maximum Gasteiger partial charge on any atom is 0.416 e. The van der Waals surface area contributed by atoms with Crippen molar-refractivity contribution >= 4 is 15.8 Å². The van der Waals surface area contributed by atoms with Crippen LogP contribution in [0.1, 0.15) is 23.7 Å². The normalized spacial score (nSPS) is 19.2. The number of nitrogens with zero attached hydrogens (tertiary/aromatic N) is 2. The highest BCUT2D eigenvalue weighted by atomic mass is 32.2. The summed E-state index contributed by atoms with van der Waals surface area (Å²) in [6.45, 7) is 1.69. The molecule has 0 aromatic heterocycles. The van der Waals surface area contributed by atoms with E-state index in [1.54, 1.807) is 13.1 Å². The smallest absolute Gasteiger partial charge is 0.370 e. The largest absolute Gasteiger partial charge is 0.416 e. The molecule has 1 saturated heterocycles. The van der Waals surface area contributed by atoms with Gasteiger partial charge in [0.2, 0.25) is 0 Å². The van der Waals surface area contributed by atoms with Crippen molar-refractivity contribution < 1.29 is 26.3 Å². The van der Waals surface area contributed by atoms with Crippen LogP contribution in [-0.2, 0) is 20.8 Å². The molecular formula is C17H24F3N3O3S. The first-order chi connectivity index (χ1) is 12.6. The van der Waals surface area contributed by atoms with Gasteiger partial charge < -0.3 is 15.0 Å². The Bertz CT molecular complexity index is 766. The molecule has 1 atom stereocenters. The Morgan fingerprint density at radius 2 is 2.15 bits per heavy atom. The van der Waals surface area contributed by atoms with Gasteiger partial charge in [0, 0.05) is 26.4 Å². The van der Waals surface area contributed by atoms with Crippen molar-refractivity contribution in [3.63, 3.8) is 0 Å².